The standard InChI is InChI=1S/C8H14O3S/c1-7(5-9)8-3-2-4-12(10,11)6-8/h8-9H,1-6H2. The molecule has 4 heteroatoms. The number of hydrogen-bond acceptors (Lipinski definition) is 3. The molecule has 0 amide bonds. The highest BCUT2D eigenvalue weighted by Gasteiger charge is 2.25. The zero-order valence-electron chi connectivity index (χ0n) is 6.99. The minimum Gasteiger partial charge on any atom is -0.392 e. The first-order chi connectivity index (χ1) is 5.55. The van der Waals surface area contributed by atoms with E-state index in [1.54, 1.807) is 0 Å². The normalized spacial score (nSPS) is 28.2. The summed E-state index contributed by atoms with van der Waals surface area (Å²) in [6.07, 6.45) is 1.55. The van der Waals surface area contributed by atoms with Crippen LogP contribution in [0.4, 0.5) is 0 Å². The van der Waals surface area contributed by atoms with Crippen molar-refractivity contribution in [2.45, 2.75) is 12.8 Å². The molecule has 1 aliphatic rings. The van der Waals surface area contributed by atoms with E-state index in [9.17, 15) is 8.42 Å². The molecule has 0 aromatic carbocycles. The summed E-state index contributed by atoms with van der Waals surface area (Å²) in [5.74, 6) is 0.447. The minimum absolute atomic E-state index is 0.0197. The maximum absolute atomic E-state index is 11.2. The zero-order valence-corrected chi connectivity index (χ0v) is 7.81. The van der Waals surface area contributed by atoms with Crippen molar-refractivity contribution >= 4 is 9.84 Å². The van der Waals surface area contributed by atoms with Gasteiger partial charge < -0.3 is 5.11 Å². The molecule has 1 atom stereocenters. The van der Waals surface area contributed by atoms with Crippen LogP contribution in [0.1, 0.15) is 12.8 Å². The molecule has 12 heavy (non-hydrogen) atoms. The van der Waals surface area contributed by atoms with Gasteiger partial charge in [0.15, 0.2) is 9.84 Å². The van der Waals surface area contributed by atoms with Crippen molar-refractivity contribution < 1.29 is 13.5 Å². The predicted octanol–water partition coefficient (Wildman–Crippen LogP) is 0.360. The lowest BCUT2D eigenvalue weighted by Crippen LogP contribution is -2.26. The monoisotopic (exact) mass is 190 g/mol. The van der Waals surface area contributed by atoms with Gasteiger partial charge in [0.1, 0.15) is 0 Å². The van der Waals surface area contributed by atoms with Crippen LogP contribution in [0, 0.1) is 5.92 Å². The molecule has 3 nitrogen and oxygen atoms in total. The number of aliphatic hydroxyl groups is 1. The smallest absolute Gasteiger partial charge is 0.150 e. The fourth-order valence-electron chi connectivity index (χ4n) is 1.47. The van der Waals surface area contributed by atoms with E-state index < -0.39 is 9.84 Å². The molecule has 0 saturated carbocycles. The number of sulfone groups is 1. The third-order valence-corrected chi connectivity index (χ3v) is 4.06. The zero-order chi connectivity index (χ0) is 9.19. The van der Waals surface area contributed by atoms with Crippen molar-refractivity contribution in [2.75, 3.05) is 18.1 Å². The van der Waals surface area contributed by atoms with Gasteiger partial charge in [-0.1, -0.05) is 6.58 Å². The predicted molar refractivity (Wildman–Crippen MR) is 47.6 cm³/mol. The average molecular weight is 190 g/mol. The van der Waals surface area contributed by atoms with E-state index in [1.165, 1.54) is 0 Å². The molecule has 0 spiro atoms. The van der Waals surface area contributed by atoms with Crippen LogP contribution in [0.2, 0.25) is 0 Å². The second kappa shape index (κ2) is 3.58. The molecule has 70 valence electrons. The molecule has 1 aliphatic heterocycles. The highest BCUT2D eigenvalue weighted by Crippen LogP contribution is 2.23. The first-order valence-electron chi connectivity index (χ1n) is 4.04. The van der Waals surface area contributed by atoms with Crippen molar-refractivity contribution in [1.29, 1.82) is 0 Å². The third-order valence-electron chi connectivity index (χ3n) is 2.24. The Labute approximate surface area is 73.0 Å². The molecule has 0 aliphatic carbocycles. The molecule has 0 aromatic rings. The molecule has 1 fully saturated rings. The van der Waals surface area contributed by atoms with Crippen LogP contribution in [0.5, 0.6) is 0 Å². The molecule has 1 heterocycles. The summed E-state index contributed by atoms with van der Waals surface area (Å²) in [5, 5.41) is 8.76. The second-order valence-corrected chi connectivity index (χ2v) is 5.50. The highest BCUT2D eigenvalue weighted by atomic mass is 32.2. The minimum atomic E-state index is -2.86. The second-order valence-electron chi connectivity index (χ2n) is 3.27. The van der Waals surface area contributed by atoms with Crippen LogP contribution >= 0.6 is 0 Å². The van der Waals surface area contributed by atoms with Crippen molar-refractivity contribution in [3.05, 3.63) is 12.2 Å². The van der Waals surface area contributed by atoms with Gasteiger partial charge in [-0.25, -0.2) is 8.42 Å². The third kappa shape index (κ3) is 2.32. The molecule has 1 unspecified atom stereocenters. The van der Waals surface area contributed by atoms with Crippen LogP contribution < -0.4 is 0 Å². The van der Waals surface area contributed by atoms with Gasteiger partial charge in [-0.2, -0.15) is 0 Å². The summed E-state index contributed by atoms with van der Waals surface area (Å²) < 4.78 is 22.3. The summed E-state index contributed by atoms with van der Waals surface area (Å²) >= 11 is 0. The van der Waals surface area contributed by atoms with Crippen LogP contribution in [-0.2, 0) is 9.84 Å². The van der Waals surface area contributed by atoms with E-state index in [2.05, 4.69) is 6.58 Å². The van der Waals surface area contributed by atoms with Crippen LogP contribution in [0.3, 0.4) is 0 Å². The SMILES string of the molecule is C=C(CO)C1CCCS(=O)(=O)C1. The maximum atomic E-state index is 11.2. The van der Waals surface area contributed by atoms with E-state index in [-0.39, 0.29) is 18.3 Å². The molecule has 1 N–H and O–H groups in total. The molecular weight excluding hydrogens is 176 g/mol. The van der Waals surface area contributed by atoms with Crippen molar-refractivity contribution in [3.8, 4) is 0 Å². The summed E-state index contributed by atoms with van der Waals surface area (Å²) in [5.41, 5.74) is 0.651. The Morgan fingerprint density at radius 1 is 1.58 bits per heavy atom. The van der Waals surface area contributed by atoms with Gasteiger partial charge >= 0.3 is 0 Å². The Morgan fingerprint density at radius 3 is 2.75 bits per heavy atom. The first kappa shape index (κ1) is 9.74. The number of rotatable bonds is 2. The van der Waals surface area contributed by atoms with Crippen molar-refractivity contribution in [1.82, 2.24) is 0 Å². The van der Waals surface area contributed by atoms with E-state index in [0.29, 0.717) is 17.7 Å². The summed E-state index contributed by atoms with van der Waals surface area (Å²) in [6.45, 7) is 3.55. The molecule has 0 aromatic heterocycles. The molecule has 1 saturated heterocycles. The van der Waals surface area contributed by atoms with Gasteiger partial charge in [0.25, 0.3) is 0 Å². The Hall–Kier alpha value is -0.350. The Bertz CT molecular complexity index is 266. The fourth-order valence-corrected chi connectivity index (χ4v) is 3.26. The molecule has 1 rings (SSSR count). The summed E-state index contributed by atoms with van der Waals surface area (Å²) in [6, 6.07) is 0. The van der Waals surface area contributed by atoms with Gasteiger partial charge in [0.05, 0.1) is 18.1 Å². The van der Waals surface area contributed by atoms with Gasteiger partial charge in [-0.3, -0.25) is 0 Å². The maximum Gasteiger partial charge on any atom is 0.150 e. The van der Waals surface area contributed by atoms with E-state index in [0.717, 1.165) is 6.42 Å². The quantitative estimate of drug-likeness (QED) is 0.640. The number of aliphatic hydroxyl groups excluding tert-OH is 1. The Balaban J connectivity index is 2.64. The van der Waals surface area contributed by atoms with Gasteiger partial charge in [-0.15, -0.1) is 0 Å². The van der Waals surface area contributed by atoms with Crippen molar-refractivity contribution in [2.24, 2.45) is 5.92 Å². The van der Waals surface area contributed by atoms with Crippen molar-refractivity contribution in [3.63, 3.8) is 0 Å². The van der Waals surface area contributed by atoms with Gasteiger partial charge in [0, 0.05) is 0 Å². The molecular formula is C8H14O3S. The summed E-state index contributed by atoms with van der Waals surface area (Å²) in [4.78, 5) is 0. The first-order valence-corrected chi connectivity index (χ1v) is 5.86. The average Bonchev–Trinajstić information content (AvgIpc) is 2.01. The van der Waals surface area contributed by atoms with Crippen LogP contribution in [0.15, 0.2) is 12.2 Å². The van der Waals surface area contributed by atoms with E-state index >= 15 is 0 Å². The highest BCUT2D eigenvalue weighted by molar-refractivity contribution is 7.91. The lowest BCUT2D eigenvalue weighted by Gasteiger charge is -2.22. The van der Waals surface area contributed by atoms with E-state index in [4.69, 9.17) is 5.11 Å². The Kier molecular flexibility index (Phi) is 2.90. The fraction of sp³-hybridized carbons (Fsp3) is 0.750. The Morgan fingerprint density at radius 2 is 2.25 bits per heavy atom. The topological polar surface area (TPSA) is 54.4 Å². The van der Waals surface area contributed by atoms with Crippen LogP contribution in [-0.4, -0.2) is 31.6 Å². The molecule has 0 bridgehead atoms. The lowest BCUT2D eigenvalue weighted by molar-refractivity contribution is 0.313. The lowest BCUT2D eigenvalue weighted by atomic mass is 9.98. The number of hydrogen-bond donors (Lipinski definition) is 1. The largest absolute Gasteiger partial charge is 0.392 e. The molecule has 0 radical (unpaired) electrons. The van der Waals surface area contributed by atoms with Gasteiger partial charge in [0.2, 0.25) is 0 Å². The summed E-state index contributed by atoms with van der Waals surface area (Å²) in [7, 11) is -2.86. The van der Waals surface area contributed by atoms with Crippen LogP contribution in [0.25, 0.3) is 0 Å². The van der Waals surface area contributed by atoms with Gasteiger partial charge in [-0.05, 0) is 24.3 Å². The van der Waals surface area contributed by atoms with E-state index in [1.807, 2.05) is 0 Å².